The molecule has 1 atom stereocenters. The van der Waals surface area contributed by atoms with E-state index in [0.29, 0.717) is 5.75 Å². The first-order chi connectivity index (χ1) is 6.70. The molecule has 1 rings (SSSR count). The predicted molar refractivity (Wildman–Crippen MR) is 61.8 cm³/mol. The maximum atomic E-state index is 10.4. The Balaban J connectivity index is 0.00000196. The van der Waals surface area contributed by atoms with E-state index in [1.807, 2.05) is 30.3 Å². The van der Waals surface area contributed by atoms with Gasteiger partial charge in [-0.2, -0.15) is 11.8 Å². The van der Waals surface area contributed by atoms with Crippen molar-refractivity contribution in [3.05, 3.63) is 35.9 Å². The maximum absolute atomic E-state index is 10.4. The zero-order valence-electron chi connectivity index (χ0n) is 8.22. The number of carboxylic acid groups (broad SMARTS) is 1. The van der Waals surface area contributed by atoms with Crippen molar-refractivity contribution in [1.82, 2.24) is 0 Å². The summed E-state index contributed by atoms with van der Waals surface area (Å²) < 4.78 is 0. The van der Waals surface area contributed by atoms with E-state index in [0.717, 1.165) is 5.75 Å². The largest absolute Gasteiger partial charge is 0.480 e. The number of aliphatic carboxylic acids is 1. The summed E-state index contributed by atoms with van der Waals surface area (Å²) in [6, 6.07) is 9.15. The summed E-state index contributed by atoms with van der Waals surface area (Å²) in [6.45, 7) is 0. The summed E-state index contributed by atoms with van der Waals surface area (Å²) in [4.78, 5) is 10.4. The number of carboxylic acids is 1. The lowest BCUT2D eigenvalue weighted by molar-refractivity contribution is -0.137. The van der Waals surface area contributed by atoms with Gasteiger partial charge in [-0.1, -0.05) is 30.3 Å². The van der Waals surface area contributed by atoms with Gasteiger partial charge in [0.05, 0.1) is 0 Å². The van der Waals surface area contributed by atoms with Crippen LogP contribution in [0.3, 0.4) is 0 Å². The minimum atomic E-state index is -0.939. The van der Waals surface area contributed by atoms with Gasteiger partial charge >= 0.3 is 5.97 Å². The molecule has 0 spiro atoms. The highest BCUT2D eigenvalue weighted by Gasteiger charge is 2.10. The van der Waals surface area contributed by atoms with Crippen molar-refractivity contribution < 1.29 is 15.4 Å². The summed E-state index contributed by atoms with van der Waals surface area (Å²) in [5.41, 5.74) is 6.55. The molecule has 5 N–H and O–H groups in total. The number of rotatable bonds is 5. The Morgan fingerprint density at radius 1 is 1.40 bits per heavy atom. The molecule has 0 amide bonds. The molecule has 0 fully saturated rings. The monoisotopic (exact) mass is 229 g/mol. The van der Waals surface area contributed by atoms with E-state index in [4.69, 9.17) is 10.8 Å². The highest BCUT2D eigenvalue weighted by molar-refractivity contribution is 7.98. The van der Waals surface area contributed by atoms with Gasteiger partial charge in [0.2, 0.25) is 0 Å². The number of hydrogen-bond donors (Lipinski definition) is 2. The van der Waals surface area contributed by atoms with Crippen LogP contribution in [0.5, 0.6) is 0 Å². The summed E-state index contributed by atoms with van der Waals surface area (Å²) >= 11 is 1.54. The van der Waals surface area contributed by atoms with Crippen LogP contribution in [0.15, 0.2) is 30.3 Å². The second-order valence-electron chi connectivity index (χ2n) is 2.95. The van der Waals surface area contributed by atoms with Crippen LogP contribution in [0.1, 0.15) is 5.56 Å². The predicted octanol–water partition coefficient (Wildman–Crippen LogP) is 0.507. The van der Waals surface area contributed by atoms with Gasteiger partial charge in [-0.05, 0) is 5.56 Å². The van der Waals surface area contributed by atoms with E-state index < -0.39 is 12.0 Å². The molecule has 5 heteroatoms. The van der Waals surface area contributed by atoms with E-state index in [9.17, 15) is 4.79 Å². The van der Waals surface area contributed by atoms with Gasteiger partial charge in [0, 0.05) is 11.5 Å². The molecule has 15 heavy (non-hydrogen) atoms. The quantitative estimate of drug-likeness (QED) is 0.769. The van der Waals surface area contributed by atoms with Crippen LogP contribution in [0.25, 0.3) is 0 Å². The SMILES string of the molecule is NC(CSCc1ccccc1)C(=O)O.O. The van der Waals surface area contributed by atoms with Crippen LogP contribution < -0.4 is 5.73 Å². The van der Waals surface area contributed by atoms with Gasteiger partial charge in [-0.15, -0.1) is 0 Å². The zero-order valence-corrected chi connectivity index (χ0v) is 9.04. The lowest BCUT2D eigenvalue weighted by Gasteiger charge is -2.05. The minimum absolute atomic E-state index is 0. The third-order valence-electron chi connectivity index (χ3n) is 1.73. The molecule has 4 nitrogen and oxygen atoms in total. The number of benzene rings is 1. The normalized spacial score (nSPS) is 11.5. The Morgan fingerprint density at radius 3 is 2.53 bits per heavy atom. The Morgan fingerprint density at radius 2 is 2.00 bits per heavy atom. The molecule has 0 aromatic heterocycles. The van der Waals surface area contributed by atoms with Crippen LogP contribution in [0, 0.1) is 0 Å². The van der Waals surface area contributed by atoms with Crippen LogP contribution in [-0.4, -0.2) is 28.3 Å². The average molecular weight is 229 g/mol. The van der Waals surface area contributed by atoms with Crippen molar-refractivity contribution in [2.75, 3.05) is 5.75 Å². The van der Waals surface area contributed by atoms with E-state index in [2.05, 4.69) is 0 Å². The molecule has 0 saturated heterocycles. The smallest absolute Gasteiger partial charge is 0.321 e. The number of nitrogens with two attached hydrogens (primary N) is 1. The summed E-state index contributed by atoms with van der Waals surface area (Å²) in [7, 11) is 0. The number of hydrogen-bond acceptors (Lipinski definition) is 3. The fraction of sp³-hybridized carbons (Fsp3) is 0.300. The lowest BCUT2D eigenvalue weighted by Crippen LogP contribution is -2.32. The van der Waals surface area contributed by atoms with Crippen molar-refractivity contribution in [1.29, 1.82) is 0 Å². The standard InChI is InChI=1S/C10H13NO2S.H2O/c11-9(10(12)13)7-14-6-8-4-2-1-3-5-8;/h1-5,9H,6-7,11H2,(H,12,13);1H2. The van der Waals surface area contributed by atoms with Crippen LogP contribution in [0.4, 0.5) is 0 Å². The number of carbonyl (C=O) groups is 1. The van der Waals surface area contributed by atoms with E-state index in [1.165, 1.54) is 17.3 Å². The molecule has 0 aliphatic rings. The summed E-state index contributed by atoms with van der Waals surface area (Å²) in [5, 5.41) is 8.54. The fourth-order valence-electron chi connectivity index (χ4n) is 0.949. The molecule has 0 heterocycles. The van der Waals surface area contributed by atoms with E-state index >= 15 is 0 Å². The van der Waals surface area contributed by atoms with Gasteiger partial charge in [0.25, 0.3) is 0 Å². The summed E-state index contributed by atoms with van der Waals surface area (Å²) in [5.74, 6) is 0.317. The zero-order chi connectivity index (χ0) is 10.4. The molecule has 0 bridgehead atoms. The van der Waals surface area contributed by atoms with Crippen LogP contribution in [0.2, 0.25) is 0 Å². The third-order valence-corrected chi connectivity index (χ3v) is 2.86. The van der Waals surface area contributed by atoms with Gasteiger partial charge < -0.3 is 16.3 Å². The first-order valence-electron chi connectivity index (χ1n) is 4.30. The molecule has 0 radical (unpaired) electrons. The van der Waals surface area contributed by atoms with Gasteiger partial charge in [-0.3, -0.25) is 4.79 Å². The highest BCUT2D eigenvalue weighted by atomic mass is 32.2. The van der Waals surface area contributed by atoms with Crippen LogP contribution in [-0.2, 0) is 10.5 Å². The van der Waals surface area contributed by atoms with Gasteiger partial charge in [-0.25, -0.2) is 0 Å². The van der Waals surface area contributed by atoms with E-state index in [1.54, 1.807) is 0 Å². The van der Waals surface area contributed by atoms with E-state index in [-0.39, 0.29) is 5.48 Å². The first kappa shape index (κ1) is 14.0. The Labute approximate surface area is 92.8 Å². The molecular weight excluding hydrogens is 214 g/mol. The molecule has 0 saturated carbocycles. The first-order valence-corrected chi connectivity index (χ1v) is 5.45. The maximum Gasteiger partial charge on any atom is 0.321 e. The molecular formula is C10H15NO3S. The minimum Gasteiger partial charge on any atom is -0.480 e. The molecule has 0 aliphatic carbocycles. The Hall–Kier alpha value is -1.04. The molecule has 0 aliphatic heterocycles. The second kappa shape index (κ2) is 7.28. The fourth-order valence-corrected chi connectivity index (χ4v) is 1.89. The molecule has 1 aromatic carbocycles. The summed E-state index contributed by atoms with van der Waals surface area (Å²) in [6.07, 6.45) is 0. The molecule has 84 valence electrons. The van der Waals surface area contributed by atoms with Crippen molar-refractivity contribution in [2.45, 2.75) is 11.8 Å². The van der Waals surface area contributed by atoms with Crippen molar-refractivity contribution in [3.8, 4) is 0 Å². The van der Waals surface area contributed by atoms with Crippen molar-refractivity contribution in [3.63, 3.8) is 0 Å². The third kappa shape index (κ3) is 5.41. The topological polar surface area (TPSA) is 94.8 Å². The molecule has 1 unspecified atom stereocenters. The average Bonchev–Trinajstić information content (AvgIpc) is 2.19. The van der Waals surface area contributed by atoms with Crippen LogP contribution >= 0.6 is 11.8 Å². The van der Waals surface area contributed by atoms with Gasteiger partial charge in [0.15, 0.2) is 0 Å². The Bertz CT molecular complexity index is 292. The highest BCUT2D eigenvalue weighted by Crippen LogP contribution is 2.11. The Kier molecular flexibility index (Phi) is 6.77. The number of thioether (sulfide) groups is 1. The molecule has 1 aromatic rings. The van der Waals surface area contributed by atoms with Crippen molar-refractivity contribution >= 4 is 17.7 Å². The van der Waals surface area contributed by atoms with Gasteiger partial charge in [0.1, 0.15) is 6.04 Å². The van der Waals surface area contributed by atoms with Crippen molar-refractivity contribution in [2.24, 2.45) is 5.73 Å². The second-order valence-corrected chi connectivity index (χ2v) is 3.98. The lowest BCUT2D eigenvalue weighted by atomic mass is 10.2.